The molecule has 5 heteroatoms. The lowest BCUT2D eigenvalue weighted by Crippen LogP contribution is -2.24. The molecule has 0 fully saturated rings. The van der Waals surface area contributed by atoms with E-state index in [1.165, 1.54) is 4.57 Å². The van der Waals surface area contributed by atoms with Gasteiger partial charge in [0.15, 0.2) is 0 Å². The van der Waals surface area contributed by atoms with Crippen LogP contribution >= 0.6 is 11.3 Å². The Hall–Kier alpha value is -1.88. The van der Waals surface area contributed by atoms with E-state index in [1.54, 1.807) is 12.3 Å². The number of hydrogen-bond acceptors (Lipinski definition) is 4. The molecular formula is C15H17NO3S. The van der Waals surface area contributed by atoms with Crippen molar-refractivity contribution in [1.29, 1.82) is 0 Å². The maximum Gasteiger partial charge on any atom is 0.331 e. The van der Waals surface area contributed by atoms with Crippen molar-refractivity contribution in [1.82, 2.24) is 4.57 Å². The molecule has 20 heavy (non-hydrogen) atoms. The Bertz CT molecular complexity index is 689. The summed E-state index contributed by atoms with van der Waals surface area (Å²) >= 11 is 1.09. The van der Waals surface area contributed by atoms with Crippen LogP contribution in [-0.4, -0.2) is 10.5 Å². The zero-order chi connectivity index (χ0) is 14.9. The van der Waals surface area contributed by atoms with Gasteiger partial charge in [-0.15, -0.1) is 0 Å². The number of ether oxygens (including phenoxy) is 1. The molecule has 0 spiro atoms. The number of carbonyl (C=O) groups excluding carboxylic acids is 1. The minimum atomic E-state index is -0.427. The van der Waals surface area contributed by atoms with E-state index in [4.69, 9.17) is 4.74 Å². The fraction of sp³-hybridized carbons (Fsp3) is 0.333. The Labute approximate surface area is 121 Å². The van der Waals surface area contributed by atoms with Gasteiger partial charge in [-0.25, -0.2) is 4.79 Å². The summed E-state index contributed by atoms with van der Waals surface area (Å²) in [4.78, 5) is 23.4. The molecule has 4 nitrogen and oxygen atoms in total. The van der Waals surface area contributed by atoms with Crippen molar-refractivity contribution in [3.05, 3.63) is 49.6 Å². The Balaban J connectivity index is 2.19. The first-order chi connectivity index (χ1) is 9.38. The highest BCUT2D eigenvalue weighted by atomic mass is 32.1. The highest BCUT2D eigenvalue weighted by molar-refractivity contribution is 7.07. The number of benzene rings is 1. The molecule has 0 saturated heterocycles. The minimum absolute atomic E-state index is 0.0546. The van der Waals surface area contributed by atoms with E-state index in [-0.39, 0.29) is 11.4 Å². The van der Waals surface area contributed by atoms with Gasteiger partial charge in [0.05, 0.1) is 0 Å². The second-order valence-corrected chi connectivity index (χ2v) is 5.75. The molecule has 0 bridgehead atoms. The Morgan fingerprint density at radius 1 is 1.20 bits per heavy atom. The van der Waals surface area contributed by atoms with Gasteiger partial charge in [0.1, 0.15) is 12.3 Å². The predicted molar refractivity (Wildman–Crippen MR) is 79.6 cm³/mol. The second-order valence-electron chi connectivity index (χ2n) is 4.93. The van der Waals surface area contributed by atoms with Gasteiger partial charge in [-0.3, -0.25) is 9.36 Å². The minimum Gasteiger partial charge on any atom is -0.425 e. The molecular weight excluding hydrogens is 274 g/mol. The normalized spacial score (nSPS) is 10.6. The molecule has 1 aromatic carbocycles. The number of nitrogens with zero attached hydrogens (tertiary/aromatic N) is 1. The summed E-state index contributed by atoms with van der Waals surface area (Å²) in [6.45, 7) is 7.56. The van der Waals surface area contributed by atoms with Crippen LogP contribution in [-0.2, 0) is 11.3 Å². The molecule has 106 valence electrons. The molecule has 2 aromatic rings. The van der Waals surface area contributed by atoms with Crippen molar-refractivity contribution in [2.75, 3.05) is 0 Å². The number of thiazole rings is 1. The molecule has 0 aliphatic rings. The van der Waals surface area contributed by atoms with Gasteiger partial charge >= 0.3 is 10.8 Å². The largest absolute Gasteiger partial charge is 0.425 e. The molecule has 0 radical (unpaired) electrons. The third-order valence-corrected chi connectivity index (χ3v) is 3.97. The van der Waals surface area contributed by atoms with Crippen LogP contribution in [0.1, 0.15) is 22.4 Å². The lowest BCUT2D eigenvalue weighted by Gasteiger charge is -2.12. The lowest BCUT2D eigenvalue weighted by molar-refractivity contribution is -0.135. The number of aryl methyl sites for hydroxylation is 4. The van der Waals surface area contributed by atoms with Gasteiger partial charge in [0, 0.05) is 11.1 Å². The van der Waals surface area contributed by atoms with E-state index in [1.807, 2.05) is 32.9 Å². The van der Waals surface area contributed by atoms with Crippen LogP contribution < -0.4 is 9.61 Å². The van der Waals surface area contributed by atoms with E-state index >= 15 is 0 Å². The fourth-order valence-corrected chi connectivity index (χ4v) is 2.93. The smallest absolute Gasteiger partial charge is 0.331 e. The number of rotatable bonds is 3. The van der Waals surface area contributed by atoms with Crippen LogP contribution in [0.15, 0.2) is 22.3 Å². The summed E-state index contributed by atoms with van der Waals surface area (Å²) in [7, 11) is 0. The van der Waals surface area contributed by atoms with Crippen LogP contribution in [0.3, 0.4) is 0 Å². The van der Waals surface area contributed by atoms with Crippen LogP contribution in [0.4, 0.5) is 0 Å². The van der Waals surface area contributed by atoms with Crippen molar-refractivity contribution >= 4 is 17.3 Å². The summed E-state index contributed by atoms with van der Waals surface area (Å²) in [5, 5.41) is 1.73. The summed E-state index contributed by atoms with van der Waals surface area (Å²) in [6, 6.07) is 3.94. The monoisotopic (exact) mass is 291 g/mol. The lowest BCUT2D eigenvalue weighted by atomic mass is 10.1. The van der Waals surface area contributed by atoms with Gasteiger partial charge in [0.2, 0.25) is 0 Å². The number of carbonyl (C=O) groups is 1. The maximum absolute atomic E-state index is 12.0. The van der Waals surface area contributed by atoms with Crippen molar-refractivity contribution in [2.24, 2.45) is 0 Å². The van der Waals surface area contributed by atoms with Gasteiger partial charge in [0.25, 0.3) is 0 Å². The average molecular weight is 291 g/mol. The van der Waals surface area contributed by atoms with E-state index in [0.29, 0.717) is 5.75 Å². The van der Waals surface area contributed by atoms with Crippen molar-refractivity contribution in [3.63, 3.8) is 0 Å². The van der Waals surface area contributed by atoms with Gasteiger partial charge in [-0.1, -0.05) is 29.0 Å². The van der Waals surface area contributed by atoms with Crippen molar-refractivity contribution < 1.29 is 9.53 Å². The Morgan fingerprint density at radius 3 is 2.30 bits per heavy atom. The zero-order valence-corrected chi connectivity index (χ0v) is 12.8. The van der Waals surface area contributed by atoms with Crippen molar-refractivity contribution in [2.45, 2.75) is 34.2 Å². The average Bonchev–Trinajstić information content (AvgIpc) is 2.65. The summed E-state index contributed by atoms with van der Waals surface area (Å²) in [5.74, 6) is 0.158. The maximum atomic E-state index is 12.0. The van der Waals surface area contributed by atoms with Crippen molar-refractivity contribution in [3.8, 4) is 5.75 Å². The molecule has 2 rings (SSSR count). The standard InChI is InChI=1S/C15H17NO3S/c1-9-5-10(2)14(11(3)6-9)19-13(17)7-16-12(4)8-20-15(16)18/h5-6,8H,7H2,1-4H3. The summed E-state index contributed by atoms with van der Waals surface area (Å²) in [5.41, 5.74) is 3.74. The zero-order valence-electron chi connectivity index (χ0n) is 12.0. The molecule has 1 heterocycles. The first-order valence-corrected chi connectivity index (χ1v) is 7.20. The van der Waals surface area contributed by atoms with Gasteiger partial charge in [-0.2, -0.15) is 0 Å². The Morgan fingerprint density at radius 2 is 1.80 bits per heavy atom. The fourth-order valence-electron chi connectivity index (χ4n) is 2.20. The molecule has 0 unspecified atom stereocenters. The number of aromatic nitrogens is 1. The highest BCUT2D eigenvalue weighted by Crippen LogP contribution is 2.24. The second kappa shape index (κ2) is 5.63. The van der Waals surface area contributed by atoms with E-state index in [2.05, 4.69) is 0 Å². The summed E-state index contributed by atoms with van der Waals surface area (Å²) in [6.07, 6.45) is 0. The highest BCUT2D eigenvalue weighted by Gasteiger charge is 2.13. The number of esters is 1. The van der Waals surface area contributed by atoms with Crippen LogP contribution in [0.2, 0.25) is 0 Å². The van der Waals surface area contributed by atoms with Gasteiger partial charge < -0.3 is 4.74 Å². The van der Waals surface area contributed by atoms with Crippen LogP contribution in [0.5, 0.6) is 5.75 Å². The first kappa shape index (κ1) is 14.5. The molecule has 0 saturated carbocycles. The summed E-state index contributed by atoms with van der Waals surface area (Å²) < 4.78 is 6.84. The van der Waals surface area contributed by atoms with E-state index in [9.17, 15) is 9.59 Å². The molecule has 0 aliphatic carbocycles. The van der Waals surface area contributed by atoms with E-state index < -0.39 is 5.97 Å². The molecule has 0 aliphatic heterocycles. The quantitative estimate of drug-likeness (QED) is 0.645. The Kier molecular flexibility index (Phi) is 4.09. The topological polar surface area (TPSA) is 48.3 Å². The molecule has 0 atom stereocenters. The van der Waals surface area contributed by atoms with E-state index in [0.717, 1.165) is 33.7 Å². The van der Waals surface area contributed by atoms with Gasteiger partial charge in [-0.05, 0) is 38.8 Å². The predicted octanol–water partition coefficient (Wildman–Crippen LogP) is 2.75. The van der Waals surface area contributed by atoms with Crippen LogP contribution in [0, 0.1) is 27.7 Å². The molecule has 1 aromatic heterocycles. The SMILES string of the molecule is Cc1cc(C)c(OC(=O)Cn2c(C)csc2=O)c(C)c1. The number of hydrogen-bond donors (Lipinski definition) is 0. The first-order valence-electron chi connectivity index (χ1n) is 6.32. The molecule has 0 amide bonds. The van der Waals surface area contributed by atoms with Crippen LogP contribution in [0.25, 0.3) is 0 Å². The third-order valence-electron chi connectivity index (χ3n) is 3.08. The third kappa shape index (κ3) is 2.99. The molecule has 0 N–H and O–H groups in total.